The van der Waals surface area contributed by atoms with Crippen LogP contribution in [0, 0.1) is 0 Å². The zero-order chi connectivity index (χ0) is 26.1. The molecule has 2 aromatic carbocycles. The summed E-state index contributed by atoms with van der Waals surface area (Å²) in [5, 5.41) is 13.7. The number of rotatable bonds is 9. The van der Waals surface area contributed by atoms with Gasteiger partial charge in [0.2, 0.25) is 5.78 Å². The maximum absolute atomic E-state index is 13.8. The van der Waals surface area contributed by atoms with E-state index >= 15 is 0 Å². The van der Waals surface area contributed by atoms with Gasteiger partial charge in [0.15, 0.2) is 39.5 Å². The lowest BCUT2D eigenvalue weighted by Crippen LogP contribution is -2.31. The van der Waals surface area contributed by atoms with Crippen molar-refractivity contribution in [1.82, 2.24) is 4.98 Å². The van der Waals surface area contributed by atoms with Crippen molar-refractivity contribution in [2.75, 3.05) is 25.2 Å². The molecule has 0 aliphatic carbocycles. The molecular weight excluding hydrogens is 496 g/mol. The van der Waals surface area contributed by atoms with Gasteiger partial charge in [0.05, 0.1) is 31.9 Å². The highest BCUT2D eigenvalue weighted by Gasteiger charge is 2.46. The number of amides is 1. The van der Waals surface area contributed by atoms with Crippen LogP contribution in [0.1, 0.15) is 36.0 Å². The van der Waals surface area contributed by atoms with E-state index < -0.39 is 23.5 Å². The molecule has 5 rings (SSSR count). The number of thiazole rings is 1. The van der Waals surface area contributed by atoms with Crippen molar-refractivity contribution in [3.63, 3.8) is 0 Å². The number of benzene rings is 2. The Bertz CT molecular complexity index is 1510. The van der Waals surface area contributed by atoms with Crippen LogP contribution in [0.3, 0.4) is 0 Å². The molecule has 1 aliphatic rings. The summed E-state index contributed by atoms with van der Waals surface area (Å²) < 4.78 is 22.7. The first kappa shape index (κ1) is 24.4. The number of methoxy groups -OCH3 is 1. The number of carbonyl (C=O) groups is 2. The Labute approximate surface area is 216 Å². The highest BCUT2D eigenvalue weighted by atomic mass is 32.1. The number of aliphatic hydroxyl groups is 1. The molecule has 1 amide bonds. The predicted octanol–water partition coefficient (Wildman–Crippen LogP) is 5.48. The number of hydrogen-bond donors (Lipinski definition) is 1. The van der Waals surface area contributed by atoms with E-state index in [9.17, 15) is 14.7 Å². The number of Topliss-reactive ketones (excluding diaryl/α,β-unsaturated/α-hetero) is 1. The normalized spacial score (nSPS) is 15.5. The van der Waals surface area contributed by atoms with Crippen molar-refractivity contribution in [1.29, 1.82) is 0 Å². The zero-order valence-electron chi connectivity index (χ0n) is 20.4. The van der Waals surface area contributed by atoms with Gasteiger partial charge < -0.3 is 23.7 Å². The number of hydrogen-bond acceptors (Lipinski definition) is 9. The van der Waals surface area contributed by atoms with E-state index in [1.807, 2.05) is 13.8 Å². The van der Waals surface area contributed by atoms with Crippen molar-refractivity contribution >= 4 is 39.1 Å². The molecule has 0 saturated heterocycles. The van der Waals surface area contributed by atoms with Gasteiger partial charge in [-0.2, -0.15) is 0 Å². The number of carbonyl (C=O) groups excluding carboxylic acids is 2. The minimum absolute atomic E-state index is 0.0317. The van der Waals surface area contributed by atoms with Crippen molar-refractivity contribution in [3.05, 3.63) is 76.7 Å². The highest BCUT2D eigenvalue weighted by Crippen LogP contribution is 2.45. The van der Waals surface area contributed by atoms with Crippen LogP contribution in [-0.2, 0) is 4.79 Å². The summed E-state index contributed by atoms with van der Waals surface area (Å²) in [6.07, 6.45) is 1.55. The van der Waals surface area contributed by atoms with Gasteiger partial charge >= 0.3 is 0 Å². The Morgan fingerprint density at radius 3 is 2.59 bits per heavy atom. The van der Waals surface area contributed by atoms with E-state index in [1.54, 1.807) is 54.0 Å². The standard InChI is InChI=1S/C27H24N2O7S/c1-4-34-17-10-9-15(13-19(17)35-5-2)22-21(24(31)26(32)29(22)27-28-11-12-37-27)23(30)20-14-16-7-6-8-18(33-3)25(16)36-20/h6-14,22,31H,4-5H2,1-3H3. The van der Waals surface area contributed by atoms with Gasteiger partial charge in [-0.25, -0.2) is 4.98 Å². The van der Waals surface area contributed by atoms with Crippen LogP contribution < -0.4 is 19.1 Å². The van der Waals surface area contributed by atoms with Gasteiger partial charge in [-0.05, 0) is 43.7 Å². The van der Waals surface area contributed by atoms with E-state index in [4.69, 9.17) is 18.6 Å². The number of nitrogens with zero attached hydrogens (tertiary/aromatic N) is 2. The lowest BCUT2D eigenvalue weighted by Gasteiger charge is -2.25. The maximum atomic E-state index is 13.8. The number of anilines is 1. The van der Waals surface area contributed by atoms with Crippen LogP contribution in [0.25, 0.3) is 11.0 Å². The van der Waals surface area contributed by atoms with Crippen molar-refractivity contribution < 1.29 is 33.3 Å². The summed E-state index contributed by atoms with van der Waals surface area (Å²) >= 11 is 1.22. The SMILES string of the molecule is CCOc1ccc(C2C(C(=O)c3cc4cccc(OC)c4o3)=C(O)C(=O)N2c2nccs2)cc1OCC. The number of aliphatic hydroxyl groups excluding tert-OH is 1. The molecule has 0 saturated carbocycles. The number of ether oxygens (including phenoxy) is 3. The molecule has 0 spiro atoms. The van der Waals surface area contributed by atoms with E-state index in [-0.39, 0.29) is 11.3 Å². The molecule has 1 N–H and O–H groups in total. The number of fused-ring (bicyclic) bond motifs is 1. The predicted molar refractivity (Wildman–Crippen MR) is 138 cm³/mol. The molecule has 0 radical (unpaired) electrons. The minimum Gasteiger partial charge on any atom is -0.503 e. The average molecular weight is 521 g/mol. The van der Waals surface area contributed by atoms with Crippen molar-refractivity contribution in [2.24, 2.45) is 0 Å². The Kier molecular flexibility index (Phi) is 6.58. The van der Waals surface area contributed by atoms with Crippen molar-refractivity contribution in [3.8, 4) is 17.2 Å². The fraction of sp³-hybridized carbons (Fsp3) is 0.222. The topological polar surface area (TPSA) is 111 Å². The van der Waals surface area contributed by atoms with Gasteiger partial charge in [-0.3, -0.25) is 14.5 Å². The van der Waals surface area contributed by atoms with E-state index in [0.717, 1.165) is 0 Å². The zero-order valence-corrected chi connectivity index (χ0v) is 21.2. The van der Waals surface area contributed by atoms with Crippen LogP contribution in [0.15, 0.2) is 69.8 Å². The Morgan fingerprint density at radius 1 is 1.11 bits per heavy atom. The fourth-order valence-corrected chi connectivity index (χ4v) is 5.03. The summed E-state index contributed by atoms with van der Waals surface area (Å²) in [5.74, 6) is -0.598. The summed E-state index contributed by atoms with van der Waals surface area (Å²) in [7, 11) is 1.51. The third-order valence-electron chi connectivity index (χ3n) is 5.91. The molecule has 4 aromatic rings. The first-order valence-corrected chi connectivity index (χ1v) is 12.5. The lowest BCUT2D eigenvalue weighted by molar-refractivity contribution is -0.117. The first-order chi connectivity index (χ1) is 18.0. The highest BCUT2D eigenvalue weighted by molar-refractivity contribution is 7.13. The fourth-order valence-electron chi connectivity index (χ4n) is 4.36. The van der Waals surface area contributed by atoms with Crippen LogP contribution in [0.4, 0.5) is 5.13 Å². The van der Waals surface area contributed by atoms with Gasteiger partial charge in [-0.15, -0.1) is 11.3 Å². The number of ketones is 1. The molecule has 9 nitrogen and oxygen atoms in total. The van der Waals surface area contributed by atoms with E-state index in [1.165, 1.54) is 23.3 Å². The molecule has 3 heterocycles. The second kappa shape index (κ2) is 9.98. The van der Waals surface area contributed by atoms with Gasteiger partial charge in [0.1, 0.15) is 0 Å². The van der Waals surface area contributed by atoms with Gasteiger partial charge in [0, 0.05) is 17.0 Å². The molecule has 37 heavy (non-hydrogen) atoms. The number of aromatic nitrogens is 1. The van der Waals surface area contributed by atoms with Gasteiger partial charge in [-0.1, -0.05) is 18.2 Å². The molecule has 0 bridgehead atoms. The van der Waals surface area contributed by atoms with Crippen molar-refractivity contribution in [2.45, 2.75) is 19.9 Å². The smallest absolute Gasteiger partial charge is 0.296 e. The Morgan fingerprint density at radius 2 is 1.89 bits per heavy atom. The molecule has 2 aromatic heterocycles. The molecule has 10 heteroatoms. The summed E-state index contributed by atoms with van der Waals surface area (Å²) in [4.78, 5) is 32.7. The average Bonchev–Trinajstić information content (AvgIpc) is 3.64. The van der Waals surface area contributed by atoms with Crippen LogP contribution in [0.5, 0.6) is 17.2 Å². The van der Waals surface area contributed by atoms with E-state index in [0.29, 0.717) is 52.1 Å². The second-order valence-corrected chi connectivity index (χ2v) is 8.92. The third-order valence-corrected chi connectivity index (χ3v) is 6.68. The summed E-state index contributed by atoms with van der Waals surface area (Å²) in [5.41, 5.74) is 0.812. The summed E-state index contributed by atoms with van der Waals surface area (Å²) in [6, 6.07) is 11.0. The molecule has 1 atom stereocenters. The molecule has 1 unspecified atom stereocenters. The van der Waals surface area contributed by atoms with Gasteiger partial charge in [0.25, 0.3) is 5.91 Å². The van der Waals surface area contributed by atoms with E-state index in [2.05, 4.69) is 4.98 Å². The monoisotopic (exact) mass is 520 g/mol. The third kappa shape index (κ3) is 4.19. The Hall–Kier alpha value is -4.31. The van der Waals surface area contributed by atoms with Crippen LogP contribution in [0.2, 0.25) is 0 Å². The largest absolute Gasteiger partial charge is 0.503 e. The maximum Gasteiger partial charge on any atom is 0.296 e. The number of furan rings is 1. The minimum atomic E-state index is -0.976. The second-order valence-electron chi connectivity index (χ2n) is 8.05. The molecular formula is C27H24N2O7S. The quantitative estimate of drug-likeness (QED) is 0.289. The van der Waals surface area contributed by atoms with Crippen LogP contribution in [-0.4, -0.2) is 42.1 Å². The Balaban J connectivity index is 1.65. The molecule has 0 fully saturated rings. The molecule has 1 aliphatic heterocycles. The lowest BCUT2D eigenvalue weighted by atomic mass is 9.95. The molecule has 190 valence electrons. The summed E-state index contributed by atoms with van der Waals surface area (Å²) in [6.45, 7) is 4.53. The first-order valence-electron chi connectivity index (χ1n) is 11.6. The number of para-hydroxylation sites is 1. The van der Waals surface area contributed by atoms with Crippen LogP contribution >= 0.6 is 11.3 Å².